The predicted molar refractivity (Wildman–Crippen MR) is 65.7 cm³/mol. The standard InChI is InChI=1S/C13H21NO3/c1-10-9-14(7-5-11(10)6-8-15)12(16)17-13(2,3)4/h6,8,10H,5,7,9H2,1-4H3/b11-6-. The molecule has 0 aromatic carbocycles. The number of carbonyl (C=O) groups is 2. The first-order valence-electron chi connectivity index (χ1n) is 5.95. The number of nitrogens with zero attached hydrogens (tertiary/aromatic N) is 1. The number of aldehydes is 1. The predicted octanol–water partition coefficient (Wildman–Crippen LogP) is 2.39. The molecule has 1 aliphatic rings. The third kappa shape index (κ3) is 4.21. The van der Waals surface area contributed by atoms with Crippen molar-refractivity contribution in [3.8, 4) is 0 Å². The van der Waals surface area contributed by atoms with Crippen LogP contribution in [0.5, 0.6) is 0 Å². The smallest absolute Gasteiger partial charge is 0.410 e. The SMILES string of the molecule is CC1CN(C(=O)OC(C)(C)C)CC/C1=C/C=O. The molecule has 0 bridgehead atoms. The fourth-order valence-electron chi connectivity index (χ4n) is 1.88. The van der Waals surface area contributed by atoms with Gasteiger partial charge >= 0.3 is 6.09 Å². The summed E-state index contributed by atoms with van der Waals surface area (Å²) in [4.78, 5) is 24.0. The number of carbonyl (C=O) groups excluding carboxylic acids is 2. The highest BCUT2D eigenvalue weighted by Gasteiger charge is 2.27. The van der Waals surface area contributed by atoms with Crippen molar-refractivity contribution >= 4 is 12.4 Å². The molecule has 1 unspecified atom stereocenters. The molecule has 0 aromatic heterocycles. The number of piperidine rings is 1. The monoisotopic (exact) mass is 239 g/mol. The Kier molecular flexibility index (Phi) is 4.32. The molecule has 0 N–H and O–H groups in total. The number of hydrogen-bond acceptors (Lipinski definition) is 3. The molecule has 0 saturated carbocycles. The van der Waals surface area contributed by atoms with E-state index in [1.807, 2.05) is 27.7 Å². The van der Waals surface area contributed by atoms with Gasteiger partial charge in [0.15, 0.2) is 0 Å². The number of allylic oxidation sites excluding steroid dienone is 1. The van der Waals surface area contributed by atoms with Gasteiger partial charge in [0.1, 0.15) is 11.9 Å². The molecular formula is C13H21NO3. The fourth-order valence-corrected chi connectivity index (χ4v) is 1.88. The van der Waals surface area contributed by atoms with Crippen molar-refractivity contribution in [3.63, 3.8) is 0 Å². The van der Waals surface area contributed by atoms with Crippen LogP contribution in [0.4, 0.5) is 4.79 Å². The maximum absolute atomic E-state index is 11.8. The van der Waals surface area contributed by atoms with E-state index in [2.05, 4.69) is 0 Å². The number of ether oxygens (including phenoxy) is 1. The molecule has 1 rings (SSSR count). The van der Waals surface area contributed by atoms with Gasteiger partial charge in [0.05, 0.1) is 0 Å². The Morgan fingerprint density at radius 3 is 2.59 bits per heavy atom. The third-order valence-electron chi connectivity index (χ3n) is 2.73. The Bertz CT molecular complexity index is 328. The zero-order chi connectivity index (χ0) is 13.1. The van der Waals surface area contributed by atoms with E-state index in [0.29, 0.717) is 13.1 Å². The summed E-state index contributed by atoms with van der Waals surface area (Å²) >= 11 is 0. The summed E-state index contributed by atoms with van der Waals surface area (Å²) < 4.78 is 5.32. The highest BCUT2D eigenvalue weighted by molar-refractivity contribution is 5.69. The van der Waals surface area contributed by atoms with Crippen LogP contribution in [-0.4, -0.2) is 36.0 Å². The molecule has 0 spiro atoms. The lowest BCUT2D eigenvalue weighted by Gasteiger charge is -2.34. The summed E-state index contributed by atoms with van der Waals surface area (Å²) in [6.45, 7) is 8.83. The minimum atomic E-state index is -0.459. The Balaban J connectivity index is 2.58. The van der Waals surface area contributed by atoms with Crippen molar-refractivity contribution in [2.75, 3.05) is 13.1 Å². The summed E-state index contributed by atoms with van der Waals surface area (Å²) in [7, 11) is 0. The van der Waals surface area contributed by atoms with Crippen LogP contribution in [0.25, 0.3) is 0 Å². The first kappa shape index (κ1) is 13.7. The van der Waals surface area contributed by atoms with Gasteiger partial charge < -0.3 is 9.64 Å². The van der Waals surface area contributed by atoms with E-state index in [0.717, 1.165) is 18.3 Å². The zero-order valence-corrected chi connectivity index (χ0v) is 11.0. The second-order valence-corrected chi connectivity index (χ2v) is 5.46. The summed E-state index contributed by atoms with van der Waals surface area (Å²) in [6, 6.07) is 0. The van der Waals surface area contributed by atoms with Crippen LogP contribution in [0, 0.1) is 5.92 Å². The van der Waals surface area contributed by atoms with E-state index >= 15 is 0 Å². The molecule has 0 aliphatic carbocycles. The average Bonchev–Trinajstić information content (AvgIpc) is 2.18. The van der Waals surface area contributed by atoms with Crippen LogP contribution < -0.4 is 0 Å². The molecule has 4 heteroatoms. The Morgan fingerprint density at radius 2 is 2.12 bits per heavy atom. The van der Waals surface area contributed by atoms with Crippen molar-refractivity contribution < 1.29 is 14.3 Å². The van der Waals surface area contributed by atoms with Crippen LogP contribution in [-0.2, 0) is 9.53 Å². The maximum atomic E-state index is 11.8. The molecule has 4 nitrogen and oxygen atoms in total. The van der Waals surface area contributed by atoms with Gasteiger partial charge in [-0.1, -0.05) is 12.5 Å². The quantitative estimate of drug-likeness (QED) is 0.521. The van der Waals surface area contributed by atoms with Crippen LogP contribution >= 0.6 is 0 Å². The largest absolute Gasteiger partial charge is 0.444 e. The molecule has 96 valence electrons. The highest BCUT2D eigenvalue weighted by atomic mass is 16.6. The first-order valence-corrected chi connectivity index (χ1v) is 5.95. The molecule has 0 radical (unpaired) electrons. The normalized spacial score (nSPS) is 23.6. The Morgan fingerprint density at radius 1 is 1.47 bits per heavy atom. The average molecular weight is 239 g/mol. The van der Waals surface area contributed by atoms with Crippen molar-refractivity contribution in [2.45, 2.75) is 39.7 Å². The number of amides is 1. The van der Waals surface area contributed by atoms with E-state index < -0.39 is 5.60 Å². The van der Waals surface area contributed by atoms with Crippen molar-refractivity contribution in [2.24, 2.45) is 5.92 Å². The van der Waals surface area contributed by atoms with Crippen LogP contribution in [0.15, 0.2) is 11.6 Å². The van der Waals surface area contributed by atoms with E-state index in [4.69, 9.17) is 4.74 Å². The van der Waals surface area contributed by atoms with Gasteiger partial charge in [0, 0.05) is 13.1 Å². The second kappa shape index (κ2) is 5.34. The molecule has 0 aromatic rings. The van der Waals surface area contributed by atoms with Crippen molar-refractivity contribution in [1.82, 2.24) is 4.90 Å². The molecule has 1 aliphatic heterocycles. The molecule has 1 heterocycles. The molecule has 17 heavy (non-hydrogen) atoms. The summed E-state index contributed by atoms with van der Waals surface area (Å²) in [5.74, 6) is 0.224. The lowest BCUT2D eigenvalue weighted by atomic mass is 9.93. The van der Waals surface area contributed by atoms with Gasteiger partial charge in [-0.05, 0) is 39.2 Å². The lowest BCUT2D eigenvalue weighted by molar-refractivity contribution is -0.104. The van der Waals surface area contributed by atoms with E-state index in [9.17, 15) is 9.59 Å². The zero-order valence-electron chi connectivity index (χ0n) is 11.0. The number of likely N-dealkylation sites (tertiary alicyclic amines) is 1. The van der Waals surface area contributed by atoms with E-state index in [1.165, 1.54) is 0 Å². The maximum Gasteiger partial charge on any atom is 0.410 e. The highest BCUT2D eigenvalue weighted by Crippen LogP contribution is 2.23. The molecule has 1 atom stereocenters. The summed E-state index contributed by atoms with van der Waals surface area (Å²) in [6.07, 6.45) is 2.90. The Hall–Kier alpha value is -1.32. The first-order chi connectivity index (χ1) is 7.83. The minimum absolute atomic E-state index is 0.224. The van der Waals surface area contributed by atoms with Gasteiger partial charge in [0.25, 0.3) is 0 Å². The minimum Gasteiger partial charge on any atom is -0.444 e. The number of rotatable bonds is 1. The van der Waals surface area contributed by atoms with Gasteiger partial charge in [-0.2, -0.15) is 0 Å². The van der Waals surface area contributed by atoms with Gasteiger partial charge in [-0.25, -0.2) is 4.79 Å². The van der Waals surface area contributed by atoms with Crippen molar-refractivity contribution in [1.29, 1.82) is 0 Å². The molecule has 1 fully saturated rings. The second-order valence-electron chi connectivity index (χ2n) is 5.46. The molecule has 1 amide bonds. The van der Waals surface area contributed by atoms with Crippen molar-refractivity contribution in [3.05, 3.63) is 11.6 Å². The van der Waals surface area contributed by atoms with Crippen LogP contribution in [0.2, 0.25) is 0 Å². The van der Waals surface area contributed by atoms with E-state index in [1.54, 1.807) is 11.0 Å². The fraction of sp³-hybridized carbons (Fsp3) is 0.692. The molecular weight excluding hydrogens is 218 g/mol. The van der Waals surface area contributed by atoms with Gasteiger partial charge in [0.2, 0.25) is 0 Å². The summed E-state index contributed by atoms with van der Waals surface area (Å²) in [5, 5.41) is 0. The van der Waals surface area contributed by atoms with E-state index in [-0.39, 0.29) is 12.0 Å². The number of hydrogen-bond donors (Lipinski definition) is 0. The Labute approximate surface area is 103 Å². The molecule has 1 saturated heterocycles. The topological polar surface area (TPSA) is 46.6 Å². The lowest BCUT2D eigenvalue weighted by Crippen LogP contribution is -2.43. The van der Waals surface area contributed by atoms with Gasteiger partial charge in [-0.15, -0.1) is 0 Å². The van der Waals surface area contributed by atoms with Gasteiger partial charge in [-0.3, -0.25) is 4.79 Å². The third-order valence-corrected chi connectivity index (χ3v) is 2.73. The summed E-state index contributed by atoms with van der Waals surface area (Å²) in [5.41, 5.74) is 0.652. The van der Waals surface area contributed by atoms with Crippen LogP contribution in [0.3, 0.4) is 0 Å². The van der Waals surface area contributed by atoms with Crippen LogP contribution in [0.1, 0.15) is 34.1 Å².